The molecule has 1 aliphatic heterocycles. The summed E-state index contributed by atoms with van der Waals surface area (Å²) in [6, 6.07) is 5.81. The second kappa shape index (κ2) is 7.52. The first-order valence-electron chi connectivity index (χ1n) is 8.78. The fourth-order valence-electron chi connectivity index (χ4n) is 2.82. The summed E-state index contributed by atoms with van der Waals surface area (Å²) in [5.74, 6) is 3.19. The predicted octanol–water partition coefficient (Wildman–Crippen LogP) is 1.65. The summed E-state index contributed by atoms with van der Waals surface area (Å²) in [5.41, 5.74) is 0.609. The molecule has 8 nitrogen and oxygen atoms in total. The molecule has 1 fully saturated rings. The first-order chi connectivity index (χ1) is 12.5. The van der Waals surface area contributed by atoms with Crippen molar-refractivity contribution in [3.63, 3.8) is 0 Å². The topological polar surface area (TPSA) is 85.1 Å². The maximum atomic E-state index is 9.29. The van der Waals surface area contributed by atoms with Crippen molar-refractivity contribution in [1.82, 2.24) is 19.9 Å². The average Bonchev–Trinajstić information content (AvgIpc) is 2.67. The van der Waals surface area contributed by atoms with Crippen LogP contribution in [0.15, 0.2) is 18.3 Å². The summed E-state index contributed by atoms with van der Waals surface area (Å²) in [7, 11) is 3.87. The van der Waals surface area contributed by atoms with Gasteiger partial charge in [0, 0.05) is 52.4 Å². The Morgan fingerprint density at radius 3 is 2.38 bits per heavy atom. The Morgan fingerprint density at radius 2 is 1.77 bits per heavy atom. The fourth-order valence-corrected chi connectivity index (χ4v) is 2.82. The quantitative estimate of drug-likeness (QED) is 0.821. The van der Waals surface area contributed by atoms with E-state index in [1.54, 1.807) is 18.3 Å². The third-order valence-electron chi connectivity index (χ3n) is 4.31. The van der Waals surface area contributed by atoms with Gasteiger partial charge in [-0.05, 0) is 12.1 Å². The van der Waals surface area contributed by atoms with Crippen molar-refractivity contribution < 1.29 is 0 Å². The van der Waals surface area contributed by atoms with Gasteiger partial charge in [-0.1, -0.05) is 13.8 Å². The molecule has 0 atom stereocenters. The maximum absolute atomic E-state index is 9.29. The van der Waals surface area contributed by atoms with Crippen LogP contribution in [0.5, 0.6) is 0 Å². The van der Waals surface area contributed by atoms with Crippen LogP contribution in [0.4, 0.5) is 17.7 Å². The zero-order valence-corrected chi connectivity index (χ0v) is 15.7. The minimum absolute atomic E-state index is 0.239. The summed E-state index contributed by atoms with van der Waals surface area (Å²) in [5, 5.41) is 9.29. The average molecular weight is 352 g/mol. The molecule has 0 radical (unpaired) electrons. The van der Waals surface area contributed by atoms with Crippen molar-refractivity contribution in [2.75, 3.05) is 55.0 Å². The van der Waals surface area contributed by atoms with Gasteiger partial charge in [0.2, 0.25) is 11.9 Å². The first-order valence-corrected chi connectivity index (χ1v) is 8.78. The van der Waals surface area contributed by atoms with Crippen molar-refractivity contribution in [2.24, 2.45) is 0 Å². The second-order valence-electron chi connectivity index (χ2n) is 6.80. The van der Waals surface area contributed by atoms with Crippen molar-refractivity contribution in [2.45, 2.75) is 19.8 Å². The van der Waals surface area contributed by atoms with E-state index in [0.29, 0.717) is 17.5 Å². The second-order valence-corrected chi connectivity index (χ2v) is 6.80. The Labute approximate surface area is 154 Å². The Balaban J connectivity index is 1.79. The third kappa shape index (κ3) is 3.67. The molecule has 8 heteroatoms. The van der Waals surface area contributed by atoms with E-state index in [9.17, 15) is 5.26 Å². The SMILES string of the molecule is CC(C)c1nc(N(C)C)nc(N2CCN(c3ncccc3C#N)CC2)n1. The van der Waals surface area contributed by atoms with Crippen LogP contribution < -0.4 is 14.7 Å². The number of pyridine rings is 1. The molecule has 2 aromatic heterocycles. The molecule has 0 aromatic carbocycles. The molecule has 0 bridgehead atoms. The van der Waals surface area contributed by atoms with Crippen molar-refractivity contribution in [1.29, 1.82) is 5.26 Å². The summed E-state index contributed by atoms with van der Waals surface area (Å²) >= 11 is 0. The number of hydrogen-bond acceptors (Lipinski definition) is 8. The highest BCUT2D eigenvalue weighted by Gasteiger charge is 2.23. The number of hydrogen-bond donors (Lipinski definition) is 0. The van der Waals surface area contributed by atoms with Crippen LogP contribution >= 0.6 is 0 Å². The van der Waals surface area contributed by atoms with E-state index in [0.717, 1.165) is 37.8 Å². The lowest BCUT2D eigenvalue weighted by Gasteiger charge is -2.36. The van der Waals surface area contributed by atoms with Crippen molar-refractivity contribution >= 4 is 17.7 Å². The van der Waals surface area contributed by atoms with Crippen molar-refractivity contribution in [3.05, 3.63) is 29.7 Å². The highest BCUT2D eigenvalue weighted by Crippen LogP contribution is 2.22. The van der Waals surface area contributed by atoms with Gasteiger partial charge in [-0.2, -0.15) is 20.2 Å². The van der Waals surface area contributed by atoms with Crippen LogP contribution in [0.3, 0.4) is 0 Å². The first kappa shape index (κ1) is 17.9. The number of anilines is 3. The molecule has 1 aliphatic rings. The molecule has 2 aromatic rings. The molecule has 0 N–H and O–H groups in total. The van der Waals surface area contributed by atoms with Crippen LogP contribution in [0.2, 0.25) is 0 Å². The van der Waals surface area contributed by atoms with E-state index in [1.807, 2.05) is 19.0 Å². The van der Waals surface area contributed by atoms with Crippen LogP contribution in [0.1, 0.15) is 31.2 Å². The largest absolute Gasteiger partial charge is 0.352 e. The summed E-state index contributed by atoms with van der Waals surface area (Å²) in [4.78, 5) is 24.4. The maximum Gasteiger partial charge on any atom is 0.230 e. The Bertz CT molecular complexity index is 777. The van der Waals surface area contributed by atoms with E-state index in [1.165, 1.54) is 0 Å². The van der Waals surface area contributed by atoms with Crippen LogP contribution in [0.25, 0.3) is 0 Å². The molecule has 0 aliphatic carbocycles. The summed E-state index contributed by atoms with van der Waals surface area (Å²) in [6.07, 6.45) is 1.73. The number of nitrogens with zero attached hydrogens (tertiary/aromatic N) is 8. The zero-order valence-electron chi connectivity index (χ0n) is 15.7. The Morgan fingerprint density at radius 1 is 1.08 bits per heavy atom. The lowest BCUT2D eigenvalue weighted by atomic mass is 10.2. The van der Waals surface area contributed by atoms with E-state index in [4.69, 9.17) is 0 Å². The summed E-state index contributed by atoms with van der Waals surface area (Å²) in [6.45, 7) is 7.26. The van der Waals surface area contributed by atoms with Gasteiger partial charge in [-0.15, -0.1) is 0 Å². The molecule has 0 saturated carbocycles. The van der Waals surface area contributed by atoms with Gasteiger partial charge in [0.25, 0.3) is 0 Å². The van der Waals surface area contributed by atoms with Gasteiger partial charge in [0.1, 0.15) is 17.7 Å². The van der Waals surface area contributed by atoms with Crippen molar-refractivity contribution in [3.8, 4) is 6.07 Å². The normalized spacial score (nSPS) is 14.5. The van der Waals surface area contributed by atoms with Gasteiger partial charge in [0.15, 0.2) is 0 Å². The molecule has 1 saturated heterocycles. The highest BCUT2D eigenvalue weighted by atomic mass is 15.4. The van der Waals surface area contributed by atoms with Gasteiger partial charge in [-0.25, -0.2) is 4.98 Å². The highest BCUT2D eigenvalue weighted by molar-refractivity contribution is 5.54. The number of piperazine rings is 1. The molecule has 3 heterocycles. The minimum Gasteiger partial charge on any atom is -0.352 e. The minimum atomic E-state index is 0.239. The van der Waals surface area contributed by atoms with Crippen LogP contribution in [-0.4, -0.2) is 60.2 Å². The lowest BCUT2D eigenvalue weighted by Crippen LogP contribution is -2.47. The Hall–Kier alpha value is -2.95. The Kier molecular flexibility index (Phi) is 5.16. The monoisotopic (exact) mass is 352 g/mol. The third-order valence-corrected chi connectivity index (χ3v) is 4.31. The van der Waals surface area contributed by atoms with Gasteiger partial charge >= 0.3 is 0 Å². The molecule has 136 valence electrons. The molecule has 0 spiro atoms. The fraction of sp³-hybridized carbons (Fsp3) is 0.500. The smallest absolute Gasteiger partial charge is 0.230 e. The summed E-state index contributed by atoms with van der Waals surface area (Å²) < 4.78 is 0. The lowest BCUT2D eigenvalue weighted by molar-refractivity contribution is 0.626. The van der Waals surface area contributed by atoms with E-state index in [-0.39, 0.29) is 5.92 Å². The predicted molar refractivity (Wildman–Crippen MR) is 102 cm³/mol. The molecule has 26 heavy (non-hydrogen) atoms. The van der Waals surface area contributed by atoms with Crippen LogP contribution in [-0.2, 0) is 0 Å². The van der Waals surface area contributed by atoms with Gasteiger partial charge in [0.05, 0.1) is 5.56 Å². The molecule has 3 rings (SSSR count). The van der Waals surface area contributed by atoms with E-state index in [2.05, 4.69) is 49.7 Å². The number of nitriles is 1. The molecular formula is C18H24N8. The van der Waals surface area contributed by atoms with E-state index < -0.39 is 0 Å². The molecule has 0 amide bonds. The molecular weight excluding hydrogens is 328 g/mol. The standard InChI is InChI=1S/C18H24N8/c1-13(2)15-21-17(24(3)4)23-18(22-15)26-10-8-25(9-11-26)16-14(12-19)6-5-7-20-16/h5-7,13H,8-11H2,1-4H3. The van der Waals surface area contributed by atoms with E-state index >= 15 is 0 Å². The number of aromatic nitrogens is 4. The van der Waals surface area contributed by atoms with Crippen LogP contribution in [0, 0.1) is 11.3 Å². The number of rotatable bonds is 4. The zero-order chi connectivity index (χ0) is 18.7. The molecule has 0 unspecified atom stereocenters. The van der Waals surface area contributed by atoms with Gasteiger partial charge in [-0.3, -0.25) is 0 Å². The van der Waals surface area contributed by atoms with Gasteiger partial charge < -0.3 is 14.7 Å².